The summed E-state index contributed by atoms with van der Waals surface area (Å²) in [5, 5.41) is 3.12. The van der Waals surface area contributed by atoms with Gasteiger partial charge in [-0.15, -0.1) is 12.4 Å². The quantitative estimate of drug-likeness (QED) is 0.838. The smallest absolute Gasteiger partial charge is 0.240 e. The third-order valence-electron chi connectivity index (χ3n) is 5.88. The SMILES string of the molecule is Cl.NC1(C(=O)NCCC2CC3CCC2C3)CCCCC1. The summed E-state index contributed by atoms with van der Waals surface area (Å²) in [6.45, 7) is 0.839. The van der Waals surface area contributed by atoms with E-state index in [1.54, 1.807) is 0 Å². The Morgan fingerprint density at radius 3 is 2.50 bits per heavy atom. The van der Waals surface area contributed by atoms with Crippen LogP contribution in [0.25, 0.3) is 0 Å². The fourth-order valence-corrected chi connectivity index (χ4v) is 4.69. The topological polar surface area (TPSA) is 55.1 Å². The normalized spacial score (nSPS) is 34.5. The van der Waals surface area contributed by atoms with Crippen molar-refractivity contribution in [3.63, 3.8) is 0 Å². The molecule has 0 aromatic heterocycles. The molecule has 0 aromatic carbocycles. The van der Waals surface area contributed by atoms with Crippen molar-refractivity contribution in [1.82, 2.24) is 5.32 Å². The summed E-state index contributed by atoms with van der Waals surface area (Å²) in [5.41, 5.74) is 5.68. The Morgan fingerprint density at radius 2 is 1.90 bits per heavy atom. The molecule has 3 aliphatic carbocycles. The predicted octanol–water partition coefficient (Wildman–Crippen LogP) is 3.01. The van der Waals surface area contributed by atoms with Gasteiger partial charge in [0.05, 0.1) is 5.54 Å². The number of carbonyl (C=O) groups is 1. The summed E-state index contributed by atoms with van der Waals surface area (Å²) >= 11 is 0. The molecule has 4 heteroatoms. The van der Waals surface area contributed by atoms with Crippen LogP contribution in [-0.4, -0.2) is 18.0 Å². The Balaban J connectivity index is 0.00000147. The highest BCUT2D eigenvalue weighted by atomic mass is 35.5. The fraction of sp³-hybridized carbons (Fsp3) is 0.938. The summed E-state index contributed by atoms with van der Waals surface area (Å²) in [4.78, 5) is 12.2. The van der Waals surface area contributed by atoms with Crippen molar-refractivity contribution in [2.75, 3.05) is 6.54 Å². The lowest BCUT2D eigenvalue weighted by Gasteiger charge is -2.32. The molecule has 3 rings (SSSR count). The molecule has 0 radical (unpaired) electrons. The Labute approximate surface area is 128 Å². The van der Waals surface area contributed by atoms with Gasteiger partial charge in [-0.05, 0) is 56.3 Å². The predicted molar refractivity (Wildman–Crippen MR) is 83.8 cm³/mol. The molecule has 3 fully saturated rings. The molecule has 2 bridgehead atoms. The zero-order valence-electron chi connectivity index (χ0n) is 12.4. The summed E-state index contributed by atoms with van der Waals surface area (Å²) in [7, 11) is 0. The molecule has 0 aliphatic heterocycles. The Hall–Kier alpha value is -0.280. The fourth-order valence-electron chi connectivity index (χ4n) is 4.69. The number of fused-ring (bicyclic) bond motifs is 2. The number of hydrogen-bond donors (Lipinski definition) is 2. The first-order valence-corrected chi connectivity index (χ1v) is 8.24. The van der Waals surface area contributed by atoms with E-state index in [1.807, 2.05) is 0 Å². The molecular weight excluding hydrogens is 272 g/mol. The monoisotopic (exact) mass is 300 g/mol. The molecule has 0 aromatic rings. The standard InChI is InChI=1S/C16H28N2O.ClH/c17-16(7-2-1-3-8-16)15(19)18-9-6-14-11-12-4-5-13(14)10-12;/h12-14H,1-11,17H2,(H,18,19);1H. The number of amides is 1. The third kappa shape index (κ3) is 3.30. The third-order valence-corrected chi connectivity index (χ3v) is 5.88. The van der Waals surface area contributed by atoms with Gasteiger partial charge in [0.2, 0.25) is 5.91 Å². The second-order valence-electron chi connectivity index (χ2n) is 7.20. The van der Waals surface area contributed by atoms with Crippen LogP contribution in [0.15, 0.2) is 0 Å². The Morgan fingerprint density at radius 1 is 1.15 bits per heavy atom. The van der Waals surface area contributed by atoms with Gasteiger partial charge in [-0.3, -0.25) is 4.79 Å². The molecule has 3 N–H and O–H groups in total. The molecule has 20 heavy (non-hydrogen) atoms. The van der Waals surface area contributed by atoms with Crippen LogP contribution in [0.2, 0.25) is 0 Å². The highest BCUT2D eigenvalue weighted by molar-refractivity contribution is 5.86. The van der Waals surface area contributed by atoms with E-state index >= 15 is 0 Å². The summed E-state index contributed by atoms with van der Waals surface area (Å²) in [6.07, 6.45) is 12.1. The van der Waals surface area contributed by atoms with E-state index in [0.29, 0.717) is 0 Å². The van der Waals surface area contributed by atoms with Crippen molar-refractivity contribution in [1.29, 1.82) is 0 Å². The van der Waals surface area contributed by atoms with Crippen LogP contribution < -0.4 is 11.1 Å². The lowest BCUT2D eigenvalue weighted by atomic mass is 9.81. The van der Waals surface area contributed by atoms with E-state index in [2.05, 4.69) is 5.32 Å². The van der Waals surface area contributed by atoms with Crippen molar-refractivity contribution in [2.45, 2.75) is 69.7 Å². The van der Waals surface area contributed by atoms with Crippen LogP contribution in [0.1, 0.15) is 64.2 Å². The van der Waals surface area contributed by atoms with Gasteiger partial charge < -0.3 is 11.1 Å². The van der Waals surface area contributed by atoms with E-state index in [1.165, 1.54) is 38.5 Å². The second kappa shape index (κ2) is 6.65. The lowest BCUT2D eigenvalue weighted by molar-refractivity contribution is -0.127. The maximum absolute atomic E-state index is 12.2. The van der Waals surface area contributed by atoms with Crippen LogP contribution in [0.4, 0.5) is 0 Å². The van der Waals surface area contributed by atoms with Gasteiger partial charge in [0.25, 0.3) is 0 Å². The molecule has 3 nitrogen and oxygen atoms in total. The van der Waals surface area contributed by atoms with Crippen LogP contribution >= 0.6 is 12.4 Å². The van der Waals surface area contributed by atoms with Crippen molar-refractivity contribution < 1.29 is 4.79 Å². The Bertz CT molecular complexity index is 341. The summed E-state index contributed by atoms with van der Waals surface area (Å²) in [6, 6.07) is 0. The average Bonchev–Trinajstić information content (AvgIpc) is 3.02. The number of rotatable bonds is 4. The minimum absolute atomic E-state index is 0. The maximum atomic E-state index is 12.2. The molecule has 3 saturated carbocycles. The number of hydrogen-bond acceptors (Lipinski definition) is 2. The second-order valence-corrected chi connectivity index (χ2v) is 7.20. The molecule has 3 aliphatic rings. The van der Waals surface area contributed by atoms with E-state index in [9.17, 15) is 4.79 Å². The van der Waals surface area contributed by atoms with Crippen LogP contribution in [0, 0.1) is 17.8 Å². The molecule has 1 amide bonds. The van der Waals surface area contributed by atoms with Crippen molar-refractivity contribution in [3.8, 4) is 0 Å². The van der Waals surface area contributed by atoms with E-state index in [0.717, 1.165) is 50.0 Å². The van der Waals surface area contributed by atoms with Gasteiger partial charge in [0.1, 0.15) is 0 Å². The minimum atomic E-state index is -0.563. The average molecular weight is 301 g/mol. The molecular formula is C16H29ClN2O. The van der Waals surface area contributed by atoms with Gasteiger partial charge in [-0.2, -0.15) is 0 Å². The van der Waals surface area contributed by atoms with Crippen LogP contribution in [-0.2, 0) is 4.79 Å². The zero-order valence-corrected chi connectivity index (χ0v) is 13.2. The first kappa shape index (κ1) is 16.1. The van der Waals surface area contributed by atoms with Crippen molar-refractivity contribution >= 4 is 18.3 Å². The molecule has 3 atom stereocenters. The van der Waals surface area contributed by atoms with Crippen LogP contribution in [0.5, 0.6) is 0 Å². The maximum Gasteiger partial charge on any atom is 0.240 e. The van der Waals surface area contributed by atoms with E-state index in [-0.39, 0.29) is 18.3 Å². The largest absolute Gasteiger partial charge is 0.354 e. The van der Waals surface area contributed by atoms with Gasteiger partial charge in [-0.1, -0.05) is 25.7 Å². The highest BCUT2D eigenvalue weighted by Crippen LogP contribution is 2.49. The number of nitrogens with one attached hydrogen (secondary N) is 1. The van der Waals surface area contributed by atoms with E-state index < -0.39 is 5.54 Å². The van der Waals surface area contributed by atoms with Gasteiger partial charge in [0.15, 0.2) is 0 Å². The summed E-state index contributed by atoms with van der Waals surface area (Å²) < 4.78 is 0. The van der Waals surface area contributed by atoms with Crippen molar-refractivity contribution in [2.24, 2.45) is 23.5 Å². The minimum Gasteiger partial charge on any atom is -0.354 e. The first-order valence-electron chi connectivity index (χ1n) is 8.24. The van der Waals surface area contributed by atoms with E-state index in [4.69, 9.17) is 5.73 Å². The molecule has 0 saturated heterocycles. The summed E-state index contributed by atoms with van der Waals surface area (Å²) in [5.74, 6) is 2.95. The highest BCUT2D eigenvalue weighted by Gasteiger charge is 2.39. The van der Waals surface area contributed by atoms with Gasteiger partial charge in [0, 0.05) is 6.54 Å². The number of carbonyl (C=O) groups excluding carboxylic acids is 1. The molecule has 0 heterocycles. The molecule has 0 spiro atoms. The Kier molecular flexibility index (Phi) is 5.36. The number of halogens is 1. The number of nitrogens with two attached hydrogens (primary N) is 1. The van der Waals surface area contributed by atoms with Gasteiger partial charge >= 0.3 is 0 Å². The van der Waals surface area contributed by atoms with Gasteiger partial charge in [-0.25, -0.2) is 0 Å². The van der Waals surface area contributed by atoms with Crippen LogP contribution in [0.3, 0.4) is 0 Å². The first-order chi connectivity index (χ1) is 9.17. The van der Waals surface area contributed by atoms with Crippen molar-refractivity contribution in [3.05, 3.63) is 0 Å². The molecule has 116 valence electrons. The zero-order chi connectivity index (χ0) is 13.3. The lowest BCUT2D eigenvalue weighted by Crippen LogP contribution is -2.55. The molecule has 3 unspecified atom stereocenters.